The van der Waals surface area contributed by atoms with Crippen LogP contribution in [0, 0.1) is 0 Å². The van der Waals surface area contributed by atoms with Gasteiger partial charge in [-0.3, -0.25) is 9.59 Å². The summed E-state index contributed by atoms with van der Waals surface area (Å²) < 4.78 is 15.1. The zero-order chi connectivity index (χ0) is 23.6. The molecule has 2 aromatic rings. The largest absolute Gasteiger partial charge is 0.513 e. The van der Waals surface area contributed by atoms with Crippen LogP contribution in [-0.4, -0.2) is 67.7 Å². The van der Waals surface area contributed by atoms with Gasteiger partial charge in [0, 0.05) is 43.4 Å². The molecule has 33 heavy (non-hydrogen) atoms. The minimum atomic E-state index is -0.784. The van der Waals surface area contributed by atoms with Gasteiger partial charge in [0.25, 0.3) is 5.91 Å². The van der Waals surface area contributed by atoms with Crippen LogP contribution in [0.15, 0.2) is 54.6 Å². The fraction of sp³-hybridized carbons (Fsp3) is 0.320. The van der Waals surface area contributed by atoms with Gasteiger partial charge in [0.1, 0.15) is 11.5 Å². The highest BCUT2D eigenvalue weighted by Gasteiger charge is 2.22. The van der Waals surface area contributed by atoms with Gasteiger partial charge in [0.15, 0.2) is 0 Å². The standard InChI is InChI=1S/C25H28N2O6/c1-3-32-25(30)33-21-12-9-20(10-13-21)24(29)27-16-6-15-26(17-18-27)23(28)14-11-19-7-4-5-8-22(19)31-2/h4-5,7-14H,3,6,15-18H2,1-2H3/b14-11+. The van der Waals surface area contributed by atoms with Gasteiger partial charge in [-0.1, -0.05) is 18.2 Å². The maximum absolute atomic E-state index is 12.9. The van der Waals surface area contributed by atoms with Crippen LogP contribution < -0.4 is 9.47 Å². The third-order valence-corrected chi connectivity index (χ3v) is 5.20. The van der Waals surface area contributed by atoms with Crippen molar-refractivity contribution >= 4 is 24.0 Å². The molecule has 2 amide bonds. The smallest absolute Gasteiger partial charge is 0.496 e. The average molecular weight is 453 g/mol. The molecule has 0 aliphatic carbocycles. The highest BCUT2D eigenvalue weighted by Crippen LogP contribution is 2.19. The molecule has 0 radical (unpaired) electrons. The lowest BCUT2D eigenvalue weighted by atomic mass is 10.2. The fourth-order valence-corrected chi connectivity index (χ4v) is 3.50. The van der Waals surface area contributed by atoms with Crippen LogP contribution in [0.1, 0.15) is 29.3 Å². The van der Waals surface area contributed by atoms with E-state index in [2.05, 4.69) is 0 Å². The van der Waals surface area contributed by atoms with Gasteiger partial charge in [-0.15, -0.1) is 0 Å². The number of carbonyl (C=O) groups excluding carboxylic acids is 3. The average Bonchev–Trinajstić information content (AvgIpc) is 3.09. The summed E-state index contributed by atoms with van der Waals surface area (Å²) in [6.07, 6.45) is 3.19. The zero-order valence-corrected chi connectivity index (χ0v) is 18.9. The molecule has 8 nitrogen and oxygen atoms in total. The van der Waals surface area contributed by atoms with Crippen LogP contribution in [0.3, 0.4) is 0 Å². The lowest BCUT2D eigenvalue weighted by Crippen LogP contribution is -2.36. The Morgan fingerprint density at radius 3 is 2.36 bits per heavy atom. The van der Waals surface area contributed by atoms with E-state index in [9.17, 15) is 14.4 Å². The number of ether oxygens (including phenoxy) is 3. The molecule has 1 fully saturated rings. The maximum atomic E-state index is 12.9. The molecular formula is C25H28N2O6. The van der Waals surface area contributed by atoms with E-state index in [0.717, 1.165) is 5.56 Å². The lowest BCUT2D eigenvalue weighted by molar-refractivity contribution is -0.125. The predicted octanol–water partition coefficient (Wildman–Crippen LogP) is 3.62. The molecule has 1 aliphatic rings. The van der Waals surface area contributed by atoms with E-state index >= 15 is 0 Å². The molecular weight excluding hydrogens is 424 g/mol. The van der Waals surface area contributed by atoms with E-state index in [4.69, 9.17) is 14.2 Å². The fourth-order valence-electron chi connectivity index (χ4n) is 3.50. The first-order chi connectivity index (χ1) is 16.0. The van der Waals surface area contributed by atoms with Crippen LogP contribution in [0.5, 0.6) is 11.5 Å². The van der Waals surface area contributed by atoms with Crippen LogP contribution in [0.25, 0.3) is 6.08 Å². The molecule has 0 unspecified atom stereocenters. The molecule has 0 aromatic heterocycles. The summed E-state index contributed by atoms with van der Waals surface area (Å²) >= 11 is 0. The quantitative estimate of drug-likeness (QED) is 0.378. The van der Waals surface area contributed by atoms with Gasteiger partial charge >= 0.3 is 6.16 Å². The monoisotopic (exact) mass is 452 g/mol. The molecule has 174 valence electrons. The molecule has 3 rings (SSSR count). The third kappa shape index (κ3) is 6.58. The van der Waals surface area contributed by atoms with Crippen molar-refractivity contribution in [1.29, 1.82) is 0 Å². The van der Waals surface area contributed by atoms with Crippen LogP contribution in [-0.2, 0) is 9.53 Å². The van der Waals surface area contributed by atoms with E-state index in [-0.39, 0.29) is 18.4 Å². The predicted molar refractivity (Wildman–Crippen MR) is 123 cm³/mol. The van der Waals surface area contributed by atoms with Crippen molar-refractivity contribution < 1.29 is 28.6 Å². The summed E-state index contributed by atoms with van der Waals surface area (Å²) in [6.45, 7) is 3.93. The normalized spacial score (nSPS) is 14.0. The van der Waals surface area contributed by atoms with Gasteiger partial charge in [-0.05, 0) is 49.8 Å². The molecule has 1 saturated heterocycles. The van der Waals surface area contributed by atoms with Crippen molar-refractivity contribution in [3.8, 4) is 11.5 Å². The minimum absolute atomic E-state index is 0.101. The lowest BCUT2D eigenvalue weighted by Gasteiger charge is -2.21. The summed E-state index contributed by atoms with van der Waals surface area (Å²) in [7, 11) is 1.59. The van der Waals surface area contributed by atoms with Crippen molar-refractivity contribution in [2.75, 3.05) is 39.9 Å². The van der Waals surface area contributed by atoms with Crippen LogP contribution >= 0.6 is 0 Å². The number of amides is 2. The number of hydrogen-bond donors (Lipinski definition) is 0. The first kappa shape index (κ1) is 23.8. The Balaban J connectivity index is 1.57. The summed E-state index contributed by atoms with van der Waals surface area (Å²) in [6, 6.07) is 13.8. The van der Waals surface area contributed by atoms with Gasteiger partial charge < -0.3 is 24.0 Å². The summed E-state index contributed by atoms with van der Waals surface area (Å²) in [5.74, 6) is 0.777. The molecule has 0 saturated carbocycles. The van der Waals surface area contributed by atoms with Crippen molar-refractivity contribution in [2.24, 2.45) is 0 Å². The van der Waals surface area contributed by atoms with E-state index in [0.29, 0.717) is 49.7 Å². The summed E-state index contributed by atoms with van der Waals surface area (Å²) in [5.41, 5.74) is 1.32. The van der Waals surface area contributed by atoms with Crippen molar-refractivity contribution in [3.63, 3.8) is 0 Å². The number of hydrogen-bond acceptors (Lipinski definition) is 6. The molecule has 1 heterocycles. The Bertz CT molecular complexity index is 1000. The minimum Gasteiger partial charge on any atom is -0.496 e. The number of carbonyl (C=O) groups is 3. The van der Waals surface area contributed by atoms with E-state index in [1.54, 1.807) is 54.2 Å². The molecule has 0 spiro atoms. The van der Waals surface area contributed by atoms with E-state index < -0.39 is 6.16 Å². The van der Waals surface area contributed by atoms with Gasteiger partial charge in [0.2, 0.25) is 5.91 Å². The van der Waals surface area contributed by atoms with Gasteiger partial charge in [-0.2, -0.15) is 0 Å². The van der Waals surface area contributed by atoms with Crippen LogP contribution in [0.2, 0.25) is 0 Å². The molecule has 0 N–H and O–H groups in total. The van der Waals surface area contributed by atoms with Gasteiger partial charge in [0.05, 0.1) is 13.7 Å². The van der Waals surface area contributed by atoms with Crippen molar-refractivity contribution in [1.82, 2.24) is 9.80 Å². The van der Waals surface area contributed by atoms with Crippen molar-refractivity contribution in [2.45, 2.75) is 13.3 Å². The topological polar surface area (TPSA) is 85.4 Å². The van der Waals surface area contributed by atoms with Crippen molar-refractivity contribution in [3.05, 3.63) is 65.7 Å². The van der Waals surface area contributed by atoms with Crippen LogP contribution in [0.4, 0.5) is 4.79 Å². The second-order valence-corrected chi connectivity index (χ2v) is 7.36. The van der Waals surface area contributed by atoms with E-state index in [1.165, 1.54) is 6.08 Å². The Morgan fingerprint density at radius 1 is 0.939 bits per heavy atom. The molecule has 0 bridgehead atoms. The Labute approximate surface area is 193 Å². The molecule has 2 aromatic carbocycles. The number of benzene rings is 2. The second kappa shape index (κ2) is 11.7. The number of para-hydroxylation sites is 1. The molecule has 1 aliphatic heterocycles. The van der Waals surface area contributed by atoms with Gasteiger partial charge in [-0.25, -0.2) is 4.79 Å². The number of rotatable bonds is 6. The summed E-state index contributed by atoms with van der Waals surface area (Å²) in [5, 5.41) is 0. The maximum Gasteiger partial charge on any atom is 0.513 e. The Morgan fingerprint density at radius 2 is 1.64 bits per heavy atom. The highest BCUT2D eigenvalue weighted by atomic mass is 16.7. The third-order valence-electron chi connectivity index (χ3n) is 5.20. The first-order valence-corrected chi connectivity index (χ1v) is 10.9. The summed E-state index contributed by atoms with van der Waals surface area (Å²) in [4.78, 5) is 40.5. The number of nitrogens with zero attached hydrogens (tertiary/aromatic N) is 2. The molecule has 8 heteroatoms. The Hall–Kier alpha value is -3.81. The zero-order valence-electron chi connectivity index (χ0n) is 18.9. The highest BCUT2D eigenvalue weighted by molar-refractivity contribution is 5.95. The SMILES string of the molecule is CCOC(=O)Oc1ccc(C(=O)N2CCCN(C(=O)/C=C/c3ccccc3OC)CC2)cc1. The van der Waals surface area contributed by atoms with E-state index in [1.807, 2.05) is 24.3 Å². The first-order valence-electron chi connectivity index (χ1n) is 10.9. The second-order valence-electron chi connectivity index (χ2n) is 7.36. The Kier molecular flexibility index (Phi) is 8.46. The number of methoxy groups -OCH3 is 1. The molecule has 0 atom stereocenters.